The monoisotopic (exact) mass is 283 g/mol. The summed E-state index contributed by atoms with van der Waals surface area (Å²) in [6, 6.07) is 0.193. The molecule has 0 amide bonds. The van der Waals surface area contributed by atoms with Gasteiger partial charge in [0.1, 0.15) is 5.82 Å². The number of hydrogen-bond donors (Lipinski definition) is 3. The van der Waals surface area contributed by atoms with Gasteiger partial charge in [-0.3, -0.25) is 0 Å². The van der Waals surface area contributed by atoms with Crippen LogP contribution in [0.2, 0.25) is 0 Å². The summed E-state index contributed by atoms with van der Waals surface area (Å²) in [6.45, 7) is 1.97. The summed E-state index contributed by atoms with van der Waals surface area (Å²) in [5, 5.41) is 23.3. The van der Waals surface area contributed by atoms with Gasteiger partial charge in [-0.05, 0) is 25.5 Å². The first-order chi connectivity index (χ1) is 9.15. The van der Waals surface area contributed by atoms with Crippen molar-refractivity contribution in [1.29, 1.82) is 0 Å². The Morgan fingerprint density at radius 2 is 2.26 bits per heavy atom. The fraction of sp³-hybridized carbons (Fsp3) is 0.692. The predicted octanol–water partition coefficient (Wildman–Crippen LogP) is 1.65. The molecule has 1 aromatic rings. The molecule has 0 radical (unpaired) electrons. The molecule has 3 unspecified atom stereocenters. The molecule has 3 N–H and O–H groups in total. The molecule has 1 aliphatic carbocycles. The van der Waals surface area contributed by atoms with Crippen LogP contribution in [0, 0.1) is 5.92 Å². The minimum Gasteiger partial charge on any atom is -0.393 e. The largest absolute Gasteiger partial charge is 0.393 e. The minimum atomic E-state index is -0.259. The Morgan fingerprint density at radius 1 is 1.47 bits per heavy atom. The third-order valence-corrected chi connectivity index (χ3v) is 4.34. The van der Waals surface area contributed by atoms with Crippen LogP contribution in [0.1, 0.15) is 31.7 Å². The van der Waals surface area contributed by atoms with Gasteiger partial charge < -0.3 is 15.5 Å². The molecule has 3 atom stereocenters. The lowest BCUT2D eigenvalue weighted by molar-refractivity contribution is 0.0715. The summed E-state index contributed by atoms with van der Waals surface area (Å²) in [5.41, 5.74) is 0.699. The SMILES string of the molecule is CSc1ncc(CO)c(NC2CCCC(O)C2C)n1. The van der Waals surface area contributed by atoms with E-state index in [0.717, 1.165) is 19.3 Å². The highest BCUT2D eigenvalue weighted by Crippen LogP contribution is 2.28. The summed E-state index contributed by atoms with van der Waals surface area (Å²) in [5.74, 6) is 0.876. The Labute approximate surface area is 117 Å². The second-order valence-electron chi connectivity index (χ2n) is 5.00. The van der Waals surface area contributed by atoms with Crippen molar-refractivity contribution in [3.05, 3.63) is 11.8 Å². The van der Waals surface area contributed by atoms with Gasteiger partial charge in [0, 0.05) is 23.7 Å². The second-order valence-corrected chi connectivity index (χ2v) is 5.77. The molecule has 19 heavy (non-hydrogen) atoms. The molecule has 0 aromatic carbocycles. The number of nitrogens with one attached hydrogen (secondary N) is 1. The van der Waals surface area contributed by atoms with Crippen molar-refractivity contribution in [3.8, 4) is 0 Å². The zero-order chi connectivity index (χ0) is 13.8. The van der Waals surface area contributed by atoms with Gasteiger partial charge in [-0.15, -0.1) is 0 Å². The lowest BCUT2D eigenvalue weighted by atomic mass is 9.83. The summed E-state index contributed by atoms with van der Waals surface area (Å²) < 4.78 is 0. The van der Waals surface area contributed by atoms with Crippen molar-refractivity contribution in [3.63, 3.8) is 0 Å². The van der Waals surface area contributed by atoms with Gasteiger partial charge in [-0.2, -0.15) is 0 Å². The standard InChI is InChI=1S/C13H21N3O2S/c1-8-10(4-3-5-11(8)18)15-12-9(7-17)6-14-13(16-12)19-2/h6,8,10-11,17-18H,3-5,7H2,1-2H3,(H,14,15,16). The lowest BCUT2D eigenvalue weighted by Gasteiger charge is -2.34. The Balaban J connectivity index is 2.17. The molecule has 1 aromatic heterocycles. The Morgan fingerprint density at radius 3 is 2.95 bits per heavy atom. The van der Waals surface area contributed by atoms with E-state index < -0.39 is 0 Å². The zero-order valence-electron chi connectivity index (χ0n) is 11.3. The Bertz CT molecular complexity index is 430. The van der Waals surface area contributed by atoms with E-state index in [9.17, 15) is 10.2 Å². The van der Waals surface area contributed by atoms with Crippen LogP contribution in [0.4, 0.5) is 5.82 Å². The van der Waals surface area contributed by atoms with E-state index in [4.69, 9.17) is 0 Å². The molecule has 5 nitrogen and oxygen atoms in total. The van der Waals surface area contributed by atoms with E-state index in [0.29, 0.717) is 16.5 Å². The molecule has 1 heterocycles. The summed E-state index contributed by atoms with van der Waals surface area (Å²) in [6.07, 6.45) is 6.22. The molecular formula is C13H21N3O2S. The van der Waals surface area contributed by atoms with Crippen molar-refractivity contribution in [2.45, 2.75) is 50.1 Å². The van der Waals surface area contributed by atoms with Gasteiger partial charge in [-0.1, -0.05) is 18.7 Å². The molecule has 0 aliphatic heterocycles. The summed E-state index contributed by atoms with van der Waals surface area (Å²) in [4.78, 5) is 8.57. The van der Waals surface area contributed by atoms with Crippen molar-refractivity contribution in [1.82, 2.24) is 9.97 Å². The highest BCUT2D eigenvalue weighted by molar-refractivity contribution is 7.98. The van der Waals surface area contributed by atoms with Crippen LogP contribution in [0.25, 0.3) is 0 Å². The fourth-order valence-electron chi connectivity index (χ4n) is 2.45. The van der Waals surface area contributed by atoms with Crippen molar-refractivity contribution < 1.29 is 10.2 Å². The average Bonchev–Trinajstić information content (AvgIpc) is 2.43. The lowest BCUT2D eigenvalue weighted by Crippen LogP contribution is -2.39. The van der Waals surface area contributed by atoms with Crippen LogP contribution >= 0.6 is 11.8 Å². The maximum Gasteiger partial charge on any atom is 0.189 e. The van der Waals surface area contributed by atoms with Crippen LogP contribution in [0.3, 0.4) is 0 Å². The maximum absolute atomic E-state index is 9.93. The molecule has 0 bridgehead atoms. The number of anilines is 1. The van der Waals surface area contributed by atoms with Gasteiger partial charge in [0.05, 0.1) is 12.7 Å². The molecule has 1 aliphatic rings. The molecule has 1 fully saturated rings. The van der Waals surface area contributed by atoms with E-state index in [1.54, 1.807) is 6.20 Å². The van der Waals surface area contributed by atoms with Crippen LogP contribution in [-0.4, -0.2) is 38.6 Å². The van der Waals surface area contributed by atoms with Crippen LogP contribution in [0.15, 0.2) is 11.4 Å². The summed E-state index contributed by atoms with van der Waals surface area (Å²) in [7, 11) is 0. The predicted molar refractivity (Wildman–Crippen MR) is 76.2 cm³/mol. The van der Waals surface area contributed by atoms with Gasteiger partial charge >= 0.3 is 0 Å². The number of aliphatic hydroxyl groups excluding tert-OH is 2. The van der Waals surface area contributed by atoms with E-state index in [-0.39, 0.29) is 24.7 Å². The normalized spacial score (nSPS) is 27.3. The number of hydrogen-bond acceptors (Lipinski definition) is 6. The first-order valence-electron chi connectivity index (χ1n) is 6.61. The highest BCUT2D eigenvalue weighted by Gasteiger charge is 2.29. The smallest absolute Gasteiger partial charge is 0.189 e. The van der Waals surface area contributed by atoms with Gasteiger partial charge in [0.2, 0.25) is 0 Å². The van der Waals surface area contributed by atoms with E-state index in [1.807, 2.05) is 6.26 Å². The number of aliphatic hydroxyl groups is 2. The van der Waals surface area contributed by atoms with E-state index >= 15 is 0 Å². The first kappa shape index (κ1) is 14.6. The molecule has 106 valence electrons. The zero-order valence-corrected chi connectivity index (χ0v) is 12.2. The number of thioether (sulfide) groups is 1. The first-order valence-corrected chi connectivity index (χ1v) is 7.83. The van der Waals surface area contributed by atoms with E-state index in [2.05, 4.69) is 22.2 Å². The average molecular weight is 283 g/mol. The molecule has 0 saturated heterocycles. The quantitative estimate of drug-likeness (QED) is 0.576. The number of nitrogens with zero attached hydrogens (tertiary/aromatic N) is 2. The Hall–Kier alpha value is -0.850. The molecule has 2 rings (SSSR count). The Kier molecular flexibility index (Phi) is 5.01. The third-order valence-electron chi connectivity index (χ3n) is 3.77. The van der Waals surface area contributed by atoms with Crippen molar-refractivity contribution in [2.75, 3.05) is 11.6 Å². The number of rotatable bonds is 4. The van der Waals surface area contributed by atoms with Crippen molar-refractivity contribution >= 4 is 17.6 Å². The van der Waals surface area contributed by atoms with Crippen LogP contribution in [-0.2, 0) is 6.61 Å². The molecular weight excluding hydrogens is 262 g/mol. The van der Waals surface area contributed by atoms with Gasteiger partial charge in [0.25, 0.3) is 0 Å². The van der Waals surface area contributed by atoms with Gasteiger partial charge in [0.15, 0.2) is 5.16 Å². The third kappa shape index (κ3) is 3.38. The van der Waals surface area contributed by atoms with Crippen LogP contribution in [0.5, 0.6) is 0 Å². The summed E-state index contributed by atoms with van der Waals surface area (Å²) >= 11 is 1.47. The van der Waals surface area contributed by atoms with Crippen LogP contribution < -0.4 is 5.32 Å². The van der Waals surface area contributed by atoms with Gasteiger partial charge in [-0.25, -0.2) is 9.97 Å². The molecule has 6 heteroatoms. The minimum absolute atomic E-state index is 0.0827. The maximum atomic E-state index is 9.93. The van der Waals surface area contributed by atoms with Crippen molar-refractivity contribution in [2.24, 2.45) is 5.92 Å². The molecule has 0 spiro atoms. The van der Waals surface area contributed by atoms with E-state index in [1.165, 1.54) is 11.8 Å². The number of aromatic nitrogens is 2. The fourth-order valence-corrected chi connectivity index (χ4v) is 2.79. The second kappa shape index (κ2) is 6.54. The topological polar surface area (TPSA) is 78.3 Å². The molecule has 1 saturated carbocycles. The highest BCUT2D eigenvalue weighted by atomic mass is 32.2.